The average molecular weight is 363 g/mol. The van der Waals surface area contributed by atoms with Crippen LogP contribution in [-0.4, -0.2) is 29.5 Å². The number of para-hydroxylation sites is 1. The maximum Gasteiger partial charge on any atom is 0.263 e. The van der Waals surface area contributed by atoms with Crippen LogP contribution in [0.1, 0.15) is 23.7 Å². The molecule has 1 atom stereocenters. The predicted molar refractivity (Wildman–Crippen MR) is 107 cm³/mol. The summed E-state index contributed by atoms with van der Waals surface area (Å²) in [5, 5.41) is 15.5. The van der Waals surface area contributed by atoms with Gasteiger partial charge in [-0.15, -0.1) is 0 Å². The van der Waals surface area contributed by atoms with Crippen molar-refractivity contribution >= 4 is 22.3 Å². The first-order chi connectivity index (χ1) is 13.0. The number of hydrogen-bond acceptors (Lipinski definition) is 5. The first-order valence-electron chi connectivity index (χ1n) is 8.78. The number of rotatable bonds is 3. The van der Waals surface area contributed by atoms with Gasteiger partial charge in [-0.3, -0.25) is 4.79 Å². The van der Waals surface area contributed by atoms with Crippen molar-refractivity contribution in [1.29, 1.82) is 0 Å². The van der Waals surface area contributed by atoms with Gasteiger partial charge in [0.05, 0.1) is 5.52 Å². The van der Waals surface area contributed by atoms with Gasteiger partial charge in [0.1, 0.15) is 17.0 Å². The molecule has 2 aromatic carbocycles. The number of hydrogen-bond donors (Lipinski definition) is 1. The summed E-state index contributed by atoms with van der Waals surface area (Å²) in [4.78, 5) is 20.4. The number of aromatic nitrogens is 1. The van der Waals surface area contributed by atoms with Crippen LogP contribution in [0, 0.1) is 0 Å². The van der Waals surface area contributed by atoms with E-state index >= 15 is 0 Å². The highest BCUT2D eigenvalue weighted by Crippen LogP contribution is 2.34. The standard InChI is InChI=1S/C21H21N3O3/c1-23(2)14-10-8-13(9-11-14)18-12-16(22-27-18)19-20(25)15-6-4-5-7-17(15)24(3)21(19)26/h4-11,18,25H,12H2,1-3H3/t18-/m1/s1. The van der Waals surface area contributed by atoms with E-state index < -0.39 is 0 Å². The monoisotopic (exact) mass is 363 g/mol. The van der Waals surface area contributed by atoms with Crippen LogP contribution in [-0.2, 0) is 11.9 Å². The van der Waals surface area contributed by atoms with Gasteiger partial charge in [-0.25, -0.2) is 0 Å². The number of anilines is 1. The lowest BCUT2D eigenvalue weighted by molar-refractivity contribution is 0.0857. The van der Waals surface area contributed by atoms with Gasteiger partial charge in [0.15, 0.2) is 6.10 Å². The van der Waals surface area contributed by atoms with Crippen LogP contribution in [0.15, 0.2) is 58.5 Å². The van der Waals surface area contributed by atoms with E-state index in [1.165, 1.54) is 4.57 Å². The Morgan fingerprint density at radius 2 is 1.85 bits per heavy atom. The molecule has 0 saturated heterocycles. The van der Waals surface area contributed by atoms with E-state index in [0.29, 0.717) is 23.0 Å². The topological polar surface area (TPSA) is 67.1 Å². The first kappa shape index (κ1) is 17.1. The highest BCUT2D eigenvalue weighted by atomic mass is 16.6. The fourth-order valence-electron chi connectivity index (χ4n) is 3.43. The maximum atomic E-state index is 12.8. The lowest BCUT2D eigenvalue weighted by atomic mass is 9.99. The molecule has 4 rings (SSSR count). The highest BCUT2D eigenvalue weighted by Gasteiger charge is 2.29. The summed E-state index contributed by atoms with van der Waals surface area (Å²) in [7, 11) is 5.67. The molecule has 6 heteroatoms. The van der Waals surface area contributed by atoms with E-state index in [1.807, 2.05) is 61.5 Å². The zero-order chi connectivity index (χ0) is 19.1. The van der Waals surface area contributed by atoms with Crippen molar-refractivity contribution in [2.45, 2.75) is 12.5 Å². The number of benzene rings is 2. The van der Waals surface area contributed by atoms with Crippen LogP contribution in [0.25, 0.3) is 10.9 Å². The van der Waals surface area contributed by atoms with Gasteiger partial charge in [0, 0.05) is 38.6 Å². The van der Waals surface area contributed by atoms with Crippen molar-refractivity contribution < 1.29 is 9.94 Å². The minimum Gasteiger partial charge on any atom is -0.506 e. The summed E-state index contributed by atoms with van der Waals surface area (Å²) in [6, 6.07) is 15.3. The number of oxime groups is 1. The fraction of sp³-hybridized carbons (Fsp3) is 0.238. The average Bonchev–Trinajstić information content (AvgIpc) is 3.16. The molecule has 6 nitrogen and oxygen atoms in total. The summed E-state index contributed by atoms with van der Waals surface area (Å²) >= 11 is 0. The van der Waals surface area contributed by atoms with Gasteiger partial charge < -0.3 is 19.4 Å². The third-order valence-corrected chi connectivity index (χ3v) is 5.01. The Kier molecular flexibility index (Phi) is 4.11. The Labute approximate surface area is 156 Å². The lowest BCUT2D eigenvalue weighted by Crippen LogP contribution is -2.24. The summed E-state index contributed by atoms with van der Waals surface area (Å²) in [5.74, 6) is -0.0420. The first-order valence-corrected chi connectivity index (χ1v) is 8.78. The fourth-order valence-corrected chi connectivity index (χ4v) is 3.43. The largest absolute Gasteiger partial charge is 0.506 e. The molecule has 2 heterocycles. The molecular weight excluding hydrogens is 342 g/mol. The maximum absolute atomic E-state index is 12.8. The minimum atomic E-state index is -0.280. The van der Waals surface area contributed by atoms with Gasteiger partial charge in [0.25, 0.3) is 5.56 Å². The third-order valence-electron chi connectivity index (χ3n) is 5.01. The Balaban J connectivity index is 1.69. The lowest BCUT2D eigenvalue weighted by Gasteiger charge is -2.14. The van der Waals surface area contributed by atoms with Crippen molar-refractivity contribution in [3.8, 4) is 5.75 Å². The van der Waals surface area contributed by atoms with E-state index in [1.54, 1.807) is 13.1 Å². The second-order valence-corrected chi connectivity index (χ2v) is 6.93. The molecule has 0 radical (unpaired) electrons. The van der Waals surface area contributed by atoms with E-state index in [9.17, 15) is 9.90 Å². The summed E-state index contributed by atoms with van der Waals surface area (Å²) in [6.45, 7) is 0. The number of aromatic hydroxyl groups is 1. The Bertz CT molecular complexity index is 1100. The van der Waals surface area contributed by atoms with Crippen molar-refractivity contribution in [2.75, 3.05) is 19.0 Å². The summed E-state index contributed by atoms with van der Waals surface area (Å²) in [6.07, 6.45) is 0.161. The number of pyridine rings is 1. The van der Waals surface area contributed by atoms with Crippen LogP contribution in [0.5, 0.6) is 5.75 Å². The molecule has 0 unspecified atom stereocenters. The van der Waals surface area contributed by atoms with Crippen molar-refractivity contribution in [3.05, 3.63) is 70.0 Å². The quantitative estimate of drug-likeness (QED) is 0.776. The molecule has 27 heavy (non-hydrogen) atoms. The molecule has 0 bridgehead atoms. The zero-order valence-electron chi connectivity index (χ0n) is 15.5. The Morgan fingerprint density at radius 1 is 1.15 bits per heavy atom. The van der Waals surface area contributed by atoms with Gasteiger partial charge in [-0.2, -0.15) is 0 Å². The zero-order valence-corrected chi connectivity index (χ0v) is 15.5. The molecule has 0 saturated carbocycles. The second-order valence-electron chi connectivity index (χ2n) is 6.93. The molecular formula is C21H21N3O3. The van der Waals surface area contributed by atoms with Crippen molar-refractivity contribution in [3.63, 3.8) is 0 Å². The molecule has 0 spiro atoms. The Morgan fingerprint density at radius 3 is 2.56 bits per heavy atom. The number of nitrogens with zero attached hydrogens (tertiary/aromatic N) is 3. The van der Waals surface area contributed by atoms with Crippen LogP contribution in [0.3, 0.4) is 0 Å². The second kappa shape index (κ2) is 6.46. The van der Waals surface area contributed by atoms with E-state index in [2.05, 4.69) is 5.16 Å². The third kappa shape index (κ3) is 2.83. The van der Waals surface area contributed by atoms with Crippen molar-refractivity contribution in [1.82, 2.24) is 4.57 Å². The Hall–Kier alpha value is -3.28. The molecule has 1 aliphatic heterocycles. The van der Waals surface area contributed by atoms with E-state index in [4.69, 9.17) is 4.84 Å². The number of aryl methyl sites for hydroxylation is 1. The van der Waals surface area contributed by atoms with Gasteiger partial charge in [0.2, 0.25) is 0 Å². The number of fused-ring (bicyclic) bond motifs is 1. The predicted octanol–water partition coefficient (Wildman–Crippen LogP) is 3.18. The molecule has 0 fully saturated rings. The molecule has 0 amide bonds. The van der Waals surface area contributed by atoms with Crippen LogP contribution < -0.4 is 10.5 Å². The minimum absolute atomic E-state index is 0.0420. The molecule has 1 aliphatic rings. The van der Waals surface area contributed by atoms with Gasteiger partial charge >= 0.3 is 0 Å². The SMILES string of the molecule is CN(C)c1ccc([C@H]2CC(c3c(O)c4ccccc4n(C)c3=O)=NO2)cc1. The summed E-state index contributed by atoms with van der Waals surface area (Å²) < 4.78 is 1.53. The normalized spacial score (nSPS) is 16.3. The van der Waals surface area contributed by atoms with Crippen LogP contribution >= 0.6 is 0 Å². The molecule has 138 valence electrons. The van der Waals surface area contributed by atoms with Crippen molar-refractivity contribution in [2.24, 2.45) is 12.2 Å². The van der Waals surface area contributed by atoms with E-state index in [0.717, 1.165) is 11.3 Å². The highest BCUT2D eigenvalue weighted by molar-refractivity contribution is 6.07. The van der Waals surface area contributed by atoms with Gasteiger partial charge in [-0.05, 0) is 29.8 Å². The molecule has 3 aromatic rings. The smallest absolute Gasteiger partial charge is 0.263 e. The molecule has 1 N–H and O–H groups in total. The van der Waals surface area contributed by atoms with Gasteiger partial charge in [-0.1, -0.05) is 29.4 Å². The van der Waals surface area contributed by atoms with Crippen LogP contribution in [0.4, 0.5) is 5.69 Å². The van der Waals surface area contributed by atoms with E-state index in [-0.39, 0.29) is 23.0 Å². The molecule has 1 aromatic heterocycles. The van der Waals surface area contributed by atoms with Crippen LogP contribution in [0.2, 0.25) is 0 Å². The summed E-state index contributed by atoms with van der Waals surface area (Å²) in [5.41, 5.74) is 3.16. The molecule has 0 aliphatic carbocycles.